The van der Waals surface area contributed by atoms with Crippen molar-refractivity contribution in [1.29, 1.82) is 0 Å². The van der Waals surface area contributed by atoms with Crippen LogP contribution in [-0.2, 0) is 11.2 Å². The average Bonchev–Trinajstić information content (AvgIpc) is 2.63. The largest absolute Gasteiger partial charge is 0.481 e. The lowest BCUT2D eigenvalue weighted by Gasteiger charge is -2.11. The van der Waals surface area contributed by atoms with Crippen molar-refractivity contribution in [2.75, 3.05) is 0 Å². The molecule has 1 aliphatic carbocycles. The summed E-state index contributed by atoms with van der Waals surface area (Å²) < 4.78 is 0. The Morgan fingerprint density at radius 3 is 3.00 bits per heavy atom. The number of rotatable bonds is 2. The maximum absolute atomic E-state index is 10.9. The predicted octanol–water partition coefficient (Wildman–Crippen LogP) is 2.44. The lowest BCUT2D eigenvalue weighted by atomic mass is 9.94. The van der Waals surface area contributed by atoms with Gasteiger partial charge in [0.05, 0.1) is 5.92 Å². The SMILES string of the molecule is CC(C(=O)O)c1cccc2c1C=CC2. The molecule has 2 rings (SSSR count). The van der Waals surface area contributed by atoms with E-state index in [1.54, 1.807) is 6.92 Å². The minimum Gasteiger partial charge on any atom is -0.481 e. The lowest BCUT2D eigenvalue weighted by molar-refractivity contribution is -0.138. The van der Waals surface area contributed by atoms with Crippen LogP contribution in [0.2, 0.25) is 0 Å². The third-order valence-electron chi connectivity index (χ3n) is 2.69. The number of carbonyl (C=O) groups is 1. The highest BCUT2D eigenvalue weighted by molar-refractivity contribution is 5.79. The molecule has 1 unspecified atom stereocenters. The molecule has 0 spiro atoms. The molecular weight excluding hydrogens is 176 g/mol. The van der Waals surface area contributed by atoms with Crippen LogP contribution in [0.25, 0.3) is 6.08 Å². The lowest BCUT2D eigenvalue weighted by Crippen LogP contribution is -2.09. The molecule has 1 aromatic carbocycles. The summed E-state index contributed by atoms with van der Waals surface area (Å²) in [4.78, 5) is 10.9. The highest BCUT2D eigenvalue weighted by atomic mass is 16.4. The van der Waals surface area contributed by atoms with Crippen LogP contribution in [0, 0.1) is 0 Å². The van der Waals surface area contributed by atoms with E-state index in [0.717, 1.165) is 17.5 Å². The minimum absolute atomic E-state index is 0.423. The number of carboxylic acids is 1. The topological polar surface area (TPSA) is 37.3 Å². The summed E-state index contributed by atoms with van der Waals surface area (Å²) in [6.07, 6.45) is 5.02. The molecule has 0 fully saturated rings. The molecule has 0 aromatic heterocycles. The van der Waals surface area contributed by atoms with Crippen LogP contribution in [0.4, 0.5) is 0 Å². The van der Waals surface area contributed by atoms with Gasteiger partial charge in [0.15, 0.2) is 0 Å². The van der Waals surface area contributed by atoms with E-state index in [4.69, 9.17) is 5.11 Å². The molecule has 0 radical (unpaired) electrons. The zero-order chi connectivity index (χ0) is 10.1. The Kier molecular flexibility index (Phi) is 2.12. The molecule has 0 heterocycles. The number of carboxylic acid groups (broad SMARTS) is 1. The summed E-state index contributed by atoms with van der Waals surface area (Å²) >= 11 is 0. The summed E-state index contributed by atoms with van der Waals surface area (Å²) in [7, 11) is 0. The maximum Gasteiger partial charge on any atom is 0.310 e. The fourth-order valence-corrected chi connectivity index (χ4v) is 1.83. The molecule has 0 saturated carbocycles. The van der Waals surface area contributed by atoms with Crippen LogP contribution < -0.4 is 0 Å². The van der Waals surface area contributed by atoms with E-state index in [0.29, 0.717) is 0 Å². The Hall–Kier alpha value is -1.57. The van der Waals surface area contributed by atoms with Crippen molar-refractivity contribution < 1.29 is 9.90 Å². The molecule has 1 atom stereocenters. The fraction of sp³-hybridized carbons (Fsp3) is 0.250. The van der Waals surface area contributed by atoms with E-state index in [9.17, 15) is 4.79 Å². The molecule has 0 amide bonds. The van der Waals surface area contributed by atoms with Crippen LogP contribution in [0.15, 0.2) is 24.3 Å². The van der Waals surface area contributed by atoms with Crippen molar-refractivity contribution in [1.82, 2.24) is 0 Å². The second-order valence-corrected chi connectivity index (χ2v) is 3.59. The molecule has 1 aromatic rings. The summed E-state index contributed by atoms with van der Waals surface area (Å²) in [6.45, 7) is 1.73. The number of hydrogen-bond acceptors (Lipinski definition) is 1. The highest BCUT2D eigenvalue weighted by Crippen LogP contribution is 2.28. The van der Waals surface area contributed by atoms with E-state index in [-0.39, 0.29) is 0 Å². The van der Waals surface area contributed by atoms with Crippen LogP contribution >= 0.6 is 0 Å². The van der Waals surface area contributed by atoms with Crippen LogP contribution in [-0.4, -0.2) is 11.1 Å². The second-order valence-electron chi connectivity index (χ2n) is 3.59. The van der Waals surface area contributed by atoms with Gasteiger partial charge >= 0.3 is 5.97 Å². The van der Waals surface area contributed by atoms with E-state index in [1.165, 1.54) is 5.56 Å². The minimum atomic E-state index is -0.765. The summed E-state index contributed by atoms with van der Waals surface area (Å²) in [5.41, 5.74) is 3.25. The highest BCUT2D eigenvalue weighted by Gasteiger charge is 2.19. The number of benzene rings is 1. The van der Waals surface area contributed by atoms with Gasteiger partial charge in [-0.2, -0.15) is 0 Å². The second kappa shape index (κ2) is 3.29. The van der Waals surface area contributed by atoms with Gasteiger partial charge in [-0.05, 0) is 30.0 Å². The van der Waals surface area contributed by atoms with Crippen molar-refractivity contribution in [2.24, 2.45) is 0 Å². The van der Waals surface area contributed by atoms with Crippen LogP contribution in [0.5, 0.6) is 0 Å². The van der Waals surface area contributed by atoms with Crippen molar-refractivity contribution in [3.63, 3.8) is 0 Å². The number of fused-ring (bicyclic) bond motifs is 1. The number of hydrogen-bond donors (Lipinski definition) is 1. The van der Waals surface area contributed by atoms with Gasteiger partial charge in [-0.3, -0.25) is 4.79 Å². The Balaban J connectivity index is 2.49. The van der Waals surface area contributed by atoms with Crippen molar-refractivity contribution in [2.45, 2.75) is 19.3 Å². The summed E-state index contributed by atoms with van der Waals surface area (Å²) in [6, 6.07) is 5.88. The molecule has 2 nitrogen and oxygen atoms in total. The number of allylic oxidation sites excluding steroid dienone is 1. The fourth-order valence-electron chi connectivity index (χ4n) is 1.83. The first-order chi connectivity index (χ1) is 6.70. The van der Waals surface area contributed by atoms with Gasteiger partial charge in [0, 0.05) is 0 Å². The van der Waals surface area contributed by atoms with Crippen molar-refractivity contribution in [3.8, 4) is 0 Å². The number of aliphatic carboxylic acids is 1. The Morgan fingerprint density at radius 2 is 2.29 bits per heavy atom. The van der Waals surface area contributed by atoms with Crippen LogP contribution in [0.1, 0.15) is 29.5 Å². The monoisotopic (exact) mass is 188 g/mol. The third-order valence-corrected chi connectivity index (χ3v) is 2.69. The standard InChI is InChI=1S/C12H12O2/c1-8(12(13)14)10-6-2-4-9-5-3-7-11(9)10/h2-4,6-8H,5H2,1H3,(H,13,14). The van der Waals surface area contributed by atoms with Gasteiger partial charge in [-0.15, -0.1) is 0 Å². The van der Waals surface area contributed by atoms with E-state index in [1.807, 2.05) is 24.3 Å². The molecule has 1 N–H and O–H groups in total. The average molecular weight is 188 g/mol. The van der Waals surface area contributed by atoms with Gasteiger partial charge in [0.25, 0.3) is 0 Å². The Labute approximate surface area is 82.9 Å². The first kappa shape index (κ1) is 9.00. The zero-order valence-electron chi connectivity index (χ0n) is 8.03. The molecule has 2 heteroatoms. The smallest absolute Gasteiger partial charge is 0.310 e. The predicted molar refractivity (Wildman–Crippen MR) is 55.2 cm³/mol. The summed E-state index contributed by atoms with van der Waals surface area (Å²) in [5.74, 6) is -1.19. The quantitative estimate of drug-likeness (QED) is 0.774. The van der Waals surface area contributed by atoms with Crippen molar-refractivity contribution >= 4 is 12.0 Å². The van der Waals surface area contributed by atoms with Crippen molar-refractivity contribution in [3.05, 3.63) is 41.0 Å². The van der Waals surface area contributed by atoms with Gasteiger partial charge in [-0.25, -0.2) is 0 Å². The molecule has 0 aliphatic heterocycles. The molecule has 0 saturated heterocycles. The van der Waals surface area contributed by atoms with Gasteiger partial charge < -0.3 is 5.11 Å². The molecule has 0 bridgehead atoms. The normalized spacial score (nSPS) is 15.2. The third kappa shape index (κ3) is 1.33. The summed E-state index contributed by atoms with van der Waals surface area (Å²) in [5, 5.41) is 8.94. The first-order valence-corrected chi connectivity index (χ1v) is 4.71. The Bertz CT molecular complexity index is 405. The van der Waals surface area contributed by atoms with Gasteiger partial charge in [0.2, 0.25) is 0 Å². The molecular formula is C12H12O2. The Morgan fingerprint density at radius 1 is 1.50 bits per heavy atom. The van der Waals surface area contributed by atoms with E-state index < -0.39 is 11.9 Å². The van der Waals surface area contributed by atoms with Gasteiger partial charge in [0.1, 0.15) is 0 Å². The molecule has 1 aliphatic rings. The molecule has 72 valence electrons. The van der Waals surface area contributed by atoms with E-state index in [2.05, 4.69) is 6.08 Å². The zero-order valence-corrected chi connectivity index (χ0v) is 8.03. The molecule has 14 heavy (non-hydrogen) atoms. The van der Waals surface area contributed by atoms with Gasteiger partial charge in [-0.1, -0.05) is 30.4 Å². The van der Waals surface area contributed by atoms with Crippen LogP contribution in [0.3, 0.4) is 0 Å². The first-order valence-electron chi connectivity index (χ1n) is 4.71. The van der Waals surface area contributed by atoms with E-state index >= 15 is 0 Å². The maximum atomic E-state index is 10.9.